The lowest BCUT2D eigenvalue weighted by Crippen LogP contribution is -3.00. The van der Waals surface area contributed by atoms with Gasteiger partial charge in [-0.2, -0.15) is 0 Å². The predicted molar refractivity (Wildman–Crippen MR) is 524 cm³/mol. The Morgan fingerprint density at radius 1 is 0.207 bits per heavy atom. The standard InChI is InChI=1S/C19H12.C13H22.C11H20.C10H16.C10H18.C8H8.C8H14.C7H12.3C6H12.C3H8.9CH4/c1-3-12-7-9-14-10-8-13-4-2-6-16-11-15(5-1)17(12)19(14)18(13)16;1-4-10-6-2-8-12-9-3-7-11(5-1)13(10)12;1-3-7-11(8-4-1)9-5-2-6-10-11;1-7-2-9-4-8(1)5-10(3-7)6-9;1-2-6-10-8-4-3-7-9(10)5-1;1-2-5-3(1)7-4(1)6(2)8(5)7;1-2-8-5-3-7(1)4-6-8;1-2-7-4-3-6(1)5-7;3*1-2-4-6-5-3-1;1-3-2;;;;;;;;;/h1-10H,11H2;10-13H,1-9H2;1-10H2;7-10H,1-6H2;9-10H,1-8H2;1-8H;7-8H,1-6H2;6-7H,1-5H2;3*1-6H2;3H2,1-2H3;9*1H4. The van der Waals surface area contributed by atoms with Crippen molar-refractivity contribution in [3.63, 3.8) is 0 Å². The molecule has 25 fully saturated rings. The summed E-state index contributed by atoms with van der Waals surface area (Å²) in [6.45, 7) is 4.25. The third kappa shape index (κ3) is 24.0. The van der Waals surface area contributed by atoms with Crippen molar-refractivity contribution < 1.29 is 0 Å². The fraction of sp³-hybridized carbons (Fsp3) is 0.845. The zero-order valence-electron chi connectivity index (χ0n) is 70.2. The molecular formula is C116H202. The Hall–Kier alpha value is -2.34. The predicted octanol–water partition coefficient (Wildman–Crippen LogP) is 39.1. The van der Waals surface area contributed by atoms with E-state index in [1.165, 1.54) is 318 Å². The molecule has 4 aromatic rings. The molecule has 26 aliphatic carbocycles. The second-order valence-electron chi connectivity index (χ2n) is 43.0. The smallest absolute Gasteiger partial charge is 0.00130 e. The minimum absolute atomic E-state index is 0. The van der Waals surface area contributed by atoms with Gasteiger partial charge in [0.05, 0.1) is 0 Å². The summed E-state index contributed by atoms with van der Waals surface area (Å²) in [7, 11) is 0. The lowest BCUT2D eigenvalue weighted by atomic mass is 9.01. The molecule has 0 atom stereocenters. The first-order valence-corrected chi connectivity index (χ1v) is 50.3. The van der Waals surface area contributed by atoms with Crippen molar-refractivity contribution in [3.8, 4) is 0 Å². The van der Waals surface area contributed by atoms with E-state index in [-0.39, 0.29) is 66.8 Å². The minimum atomic E-state index is 0. The second kappa shape index (κ2) is 50.0. The van der Waals surface area contributed by atoms with Gasteiger partial charge < -0.3 is 0 Å². The summed E-state index contributed by atoms with van der Waals surface area (Å²) in [6, 6.07) is 22.4. The average molecular weight is 1600 g/mol. The van der Waals surface area contributed by atoms with Crippen LogP contribution in [0.5, 0.6) is 0 Å². The molecule has 0 amide bonds. The summed E-state index contributed by atoms with van der Waals surface area (Å²) < 4.78 is 0. The highest BCUT2D eigenvalue weighted by Gasteiger charge is 2.97. The molecule has 4 aromatic carbocycles. The highest BCUT2D eigenvalue weighted by molar-refractivity contribution is 6.23. The lowest BCUT2D eigenvalue weighted by Gasteiger charge is -3.03. The number of rotatable bonds is 0. The fourth-order valence-electron chi connectivity index (χ4n) is 31.2. The molecule has 666 valence electrons. The summed E-state index contributed by atoms with van der Waals surface area (Å²) in [5, 5.41) is 8.47. The third-order valence-electron chi connectivity index (χ3n) is 36.2. The van der Waals surface area contributed by atoms with Crippen LogP contribution in [0.25, 0.3) is 32.3 Å². The van der Waals surface area contributed by atoms with Gasteiger partial charge in [-0.1, -0.05) is 475 Å². The van der Waals surface area contributed by atoms with Crippen molar-refractivity contribution in [2.45, 2.75) is 492 Å². The van der Waals surface area contributed by atoms with E-state index in [0.29, 0.717) is 0 Å². The Labute approximate surface area is 726 Å². The SMILES string of the molecule is C.C.C.C.C.C.C.C.C.C12C3C4C1C1C2C3C41.C1C2CC3CC1CC(C2)C3.C1CC2CCC1C2.C1CC2CCC1CC2.C1CC2CCCC3CCCC(C1)C23.C1CCC2(CC1)CCCCC2.C1CCC2CCCCC2C1.C1CCCCC1.C1CCCCC1.C1CCCCC1.CCC.c1cc2c3c(c1)ccc1ccc4cccc(c4c13)C2. The maximum Gasteiger partial charge on any atom is -0.00130 e. The van der Waals surface area contributed by atoms with Crippen LogP contribution in [0, 0.1) is 136 Å². The summed E-state index contributed by atoms with van der Waals surface area (Å²) >= 11 is 0. The Kier molecular flexibility index (Phi) is 43.4. The molecule has 0 heterocycles. The number of hydrogen-bond acceptors (Lipinski definition) is 0. The van der Waals surface area contributed by atoms with Gasteiger partial charge in [0.2, 0.25) is 0 Å². The molecule has 30 rings (SSSR count). The van der Waals surface area contributed by atoms with Gasteiger partial charge in [0.15, 0.2) is 0 Å². The van der Waals surface area contributed by atoms with Crippen LogP contribution in [-0.4, -0.2) is 0 Å². The first-order chi connectivity index (χ1) is 53.0. The van der Waals surface area contributed by atoms with Gasteiger partial charge in [0, 0.05) is 0 Å². The minimum Gasteiger partial charge on any atom is -0.0776 e. The van der Waals surface area contributed by atoms with Crippen molar-refractivity contribution in [2.24, 2.45) is 136 Å². The first kappa shape index (κ1) is 101. The molecule has 0 nitrogen and oxygen atoms in total. The Balaban J connectivity index is 0.000000177. The van der Waals surface area contributed by atoms with Gasteiger partial charge in [-0.3, -0.25) is 0 Å². The van der Waals surface area contributed by atoms with Crippen LogP contribution >= 0.6 is 0 Å². The molecule has 0 N–H and O–H groups in total. The van der Waals surface area contributed by atoms with E-state index < -0.39 is 0 Å². The summed E-state index contributed by atoms with van der Waals surface area (Å²) in [6.07, 6.45) is 98.0. The summed E-state index contributed by atoms with van der Waals surface area (Å²) in [5.41, 5.74) is 3.79. The molecule has 0 radical (unpaired) electrons. The number of benzene rings is 4. The van der Waals surface area contributed by atoms with Gasteiger partial charge in [-0.05, 0) is 256 Å². The van der Waals surface area contributed by atoms with Crippen LogP contribution in [-0.2, 0) is 6.42 Å². The van der Waals surface area contributed by atoms with E-state index in [1.807, 2.05) is 0 Å². The van der Waals surface area contributed by atoms with Gasteiger partial charge in [0.1, 0.15) is 0 Å². The van der Waals surface area contributed by atoms with Crippen molar-refractivity contribution >= 4 is 32.3 Å². The normalized spacial score (nSPS) is 36.4. The maximum atomic E-state index is 2.27. The van der Waals surface area contributed by atoms with Gasteiger partial charge in [0.25, 0.3) is 0 Å². The largest absolute Gasteiger partial charge is 0.0776 e. The second-order valence-corrected chi connectivity index (χ2v) is 43.0. The highest BCUT2D eigenvalue weighted by Crippen LogP contribution is 3.01. The van der Waals surface area contributed by atoms with Crippen molar-refractivity contribution in [1.29, 1.82) is 0 Å². The molecule has 0 heteroatoms. The molecular weight excluding hydrogens is 1390 g/mol. The molecule has 116 heavy (non-hydrogen) atoms. The molecule has 8 bridgehead atoms. The fourth-order valence-corrected chi connectivity index (χ4v) is 31.2. The number of hydrogen-bond donors (Lipinski definition) is 0. The summed E-state index contributed by atoms with van der Waals surface area (Å²) in [4.78, 5) is 0. The van der Waals surface area contributed by atoms with Crippen LogP contribution in [0.2, 0.25) is 0 Å². The Morgan fingerprint density at radius 3 is 0.655 bits per heavy atom. The molecule has 0 unspecified atom stereocenters. The van der Waals surface area contributed by atoms with E-state index in [9.17, 15) is 0 Å². The van der Waals surface area contributed by atoms with E-state index in [2.05, 4.69) is 74.5 Å². The van der Waals surface area contributed by atoms with Gasteiger partial charge in [-0.15, -0.1) is 0 Å². The quantitative estimate of drug-likeness (QED) is 0.136. The van der Waals surface area contributed by atoms with Crippen molar-refractivity contribution in [3.05, 3.63) is 71.8 Å². The zero-order chi connectivity index (χ0) is 72.1. The lowest BCUT2D eigenvalue weighted by molar-refractivity contribution is -0.565. The molecule has 0 saturated heterocycles. The third-order valence-corrected chi connectivity index (χ3v) is 36.2. The van der Waals surface area contributed by atoms with Crippen molar-refractivity contribution in [1.82, 2.24) is 0 Å². The van der Waals surface area contributed by atoms with Gasteiger partial charge >= 0.3 is 0 Å². The topological polar surface area (TPSA) is 0 Å². The highest BCUT2D eigenvalue weighted by atomic mass is 15.0. The van der Waals surface area contributed by atoms with E-state index in [0.717, 1.165) is 53.3 Å². The van der Waals surface area contributed by atoms with Crippen LogP contribution in [0.4, 0.5) is 0 Å². The Bertz CT molecular complexity index is 2830. The van der Waals surface area contributed by atoms with Crippen LogP contribution in [0.1, 0.15) is 496 Å². The van der Waals surface area contributed by atoms with E-state index in [4.69, 9.17) is 0 Å². The molecule has 1 spiro atoms. The average Bonchev–Trinajstić information content (AvgIpc) is 0.866. The Morgan fingerprint density at radius 2 is 0.422 bits per heavy atom. The maximum absolute atomic E-state index is 2.27. The summed E-state index contributed by atoms with van der Waals surface area (Å²) in [5.74, 6) is 27.0. The van der Waals surface area contributed by atoms with Crippen LogP contribution < -0.4 is 0 Å². The zero-order valence-corrected chi connectivity index (χ0v) is 70.2. The van der Waals surface area contributed by atoms with Gasteiger partial charge in [-0.25, -0.2) is 0 Å². The van der Waals surface area contributed by atoms with E-state index in [1.54, 1.807) is 218 Å². The molecule has 0 aromatic heterocycles. The van der Waals surface area contributed by atoms with Crippen molar-refractivity contribution in [2.75, 3.05) is 0 Å². The van der Waals surface area contributed by atoms with Crippen LogP contribution in [0.15, 0.2) is 60.7 Å². The molecule has 0 aliphatic heterocycles. The first-order valence-electron chi connectivity index (χ1n) is 50.3. The molecule has 25 saturated carbocycles. The van der Waals surface area contributed by atoms with E-state index >= 15 is 0 Å². The molecule has 26 aliphatic rings. The number of fused-ring (bicyclic) bond motifs is 6. The van der Waals surface area contributed by atoms with Crippen LogP contribution in [0.3, 0.4) is 0 Å². The monoisotopic (exact) mass is 1600 g/mol.